The number of nitrogens with zero attached hydrogens (tertiary/aromatic N) is 1. The molecule has 1 aromatic rings. The Morgan fingerprint density at radius 2 is 2.27 bits per heavy atom. The zero-order valence-corrected chi connectivity index (χ0v) is 7.02. The quantitative estimate of drug-likeness (QED) is 0.628. The lowest BCUT2D eigenvalue weighted by atomic mass is 10.1. The van der Waals surface area contributed by atoms with E-state index in [-0.39, 0.29) is 0 Å². The van der Waals surface area contributed by atoms with Gasteiger partial charge in [0, 0.05) is 5.02 Å². The van der Waals surface area contributed by atoms with Gasteiger partial charge in [-0.1, -0.05) is 23.7 Å². The molecule has 0 atom stereocenters. The van der Waals surface area contributed by atoms with E-state index in [0.717, 1.165) is 11.1 Å². The number of hydrogen-bond donors (Lipinski definition) is 0. The first-order valence-corrected chi connectivity index (χ1v) is 3.74. The van der Waals surface area contributed by atoms with Crippen LogP contribution in [-0.4, -0.2) is 0 Å². The number of halogens is 1. The van der Waals surface area contributed by atoms with E-state index in [1.807, 2.05) is 19.1 Å². The second kappa shape index (κ2) is 3.41. The minimum absolute atomic E-state index is 0.394. The Morgan fingerprint density at radius 3 is 2.82 bits per heavy atom. The van der Waals surface area contributed by atoms with Crippen molar-refractivity contribution in [2.45, 2.75) is 13.3 Å². The van der Waals surface area contributed by atoms with Crippen molar-refractivity contribution < 1.29 is 0 Å². The second-order valence-electron chi connectivity index (χ2n) is 2.37. The van der Waals surface area contributed by atoms with E-state index >= 15 is 0 Å². The van der Waals surface area contributed by atoms with Gasteiger partial charge in [0.25, 0.3) is 0 Å². The van der Waals surface area contributed by atoms with Crippen LogP contribution in [0.1, 0.15) is 11.1 Å². The molecule has 0 radical (unpaired) electrons. The largest absolute Gasteiger partial charge is 0.198 e. The highest BCUT2D eigenvalue weighted by molar-refractivity contribution is 6.31. The molecule has 1 rings (SSSR count). The van der Waals surface area contributed by atoms with Crippen molar-refractivity contribution in [3.05, 3.63) is 34.3 Å². The molecule has 0 saturated heterocycles. The van der Waals surface area contributed by atoms with Gasteiger partial charge in [0.2, 0.25) is 0 Å². The molecule has 0 spiro atoms. The highest BCUT2D eigenvalue weighted by Gasteiger charge is 2.01. The molecule has 0 saturated carbocycles. The minimum Gasteiger partial charge on any atom is -0.198 e. The molecule has 0 amide bonds. The predicted octanol–water partition coefficient (Wildman–Crippen LogP) is 2.71. The van der Waals surface area contributed by atoms with Crippen molar-refractivity contribution in [2.75, 3.05) is 0 Å². The van der Waals surface area contributed by atoms with Gasteiger partial charge in [-0.2, -0.15) is 5.26 Å². The Hall–Kier alpha value is -1.00. The first kappa shape index (κ1) is 8.10. The van der Waals surface area contributed by atoms with E-state index in [2.05, 4.69) is 6.07 Å². The maximum absolute atomic E-state index is 8.46. The number of nitriles is 1. The van der Waals surface area contributed by atoms with Crippen LogP contribution >= 0.6 is 11.6 Å². The average molecular weight is 166 g/mol. The molecule has 0 bridgehead atoms. The molecule has 11 heavy (non-hydrogen) atoms. The summed E-state index contributed by atoms with van der Waals surface area (Å²) in [4.78, 5) is 0. The molecule has 1 aromatic carbocycles. The van der Waals surface area contributed by atoms with Crippen LogP contribution < -0.4 is 0 Å². The van der Waals surface area contributed by atoms with Gasteiger partial charge in [0.05, 0.1) is 12.5 Å². The van der Waals surface area contributed by atoms with Crippen LogP contribution in [-0.2, 0) is 6.42 Å². The van der Waals surface area contributed by atoms with E-state index in [1.54, 1.807) is 6.07 Å². The Morgan fingerprint density at radius 1 is 1.55 bits per heavy atom. The van der Waals surface area contributed by atoms with E-state index in [1.165, 1.54) is 0 Å². The molecule has 0 N–H and O–H groups in total. The normalized spacial score (nSPS) is 9.18. The second-order valence-corrected chi connectivity index (χ2v) is 2.78. The van der Waals surface area contributed by atoms with Gasteiger partial charge in [-0.25, -0.2) is 0 Å². The zero-order chi connectivity index (χ0) is 8.27. The number of aryl methyl sites for hydroxylation is 1. The predicted molar refractivity (Wildman–Crippen MR) is 45.5 cm³/mol. The molecule has 56 valence electrons. The van der Waals surface area contributed by atoms with Crippen LogP contribution in [0.5, 0.6) is 0 Å². The van der Waals surface area contributed by atoms with Crippen LogP contribution in [0.25, 0.3) is 0 Å². The zero-order valence-electron chi connectivity index (χ0n) is 6.26. The molecule has 1 nitrogen and oxygen atoms in total. The van der Waals surface area contributed by atoms with Crippen molar-refractivity contribution >= 4 is 11.6 Å². The Kier molecular flexibility index (Phi) is 2.51. The molecular weight excluding hydrogens is 158 g/mol. The van der Waals surface area contributed by atoms with Crippen LogP contribution in [0.4, 0.5) is 0 Å². The summed E-state index contributed by atoms with van der Waals surface area (Å²) in [5.74, 6) is 0. The van der Waals surface area contributed by atoms with Crippen LogP contribution in [0.15, 0.2) is 18.2 Å². The van der Waals surface area contributed by atoms with Gasteiger partial charge in [-0.05, 0) is 24.1 Å². The Balaban J connectivity index is 3.12. The van der Waals surface area contributed by atoms with Crippen molar-refractivity contribution in [3.63, 3.8) is 0 Å². The monoisotopic (exact) mass is 165 g/mol. The van der Waals surface area contributed by atoms with Gasteiger partial charge in [-0.3, -0.25) is 0 Å². The molecular formula is C9H8ClN. The lowest BCUT2D eigenvalue weighted by Gasteiger charge is -2.01. The summed E-state index contributed by atoms with van der Waals surface area (Å²) in [5.41, 5.74) is 2.02. The first-order chi connectivity index (χ1) is 5.25. The summed E-state index contributed by atoms with van der Waals surface area (Å²) >= 11 is 5.86. The molecule has 0 aliphatic rings. The topological polar surface area (TPSA) is 23.8 Å². The fraction of sp³-hybridized carbons (Fsp3) is 0.222. The van der Waals surface area contributed by atoms with Gasteiger partial charge >= 0.3 is 0 Å². The molecule has 0 aliphatic heterocycles. The molecule has 0 heterocycles. The average Bonchev–Trinajstić information content (AvgIpc) is 1.97. The highest BCUT2D eigenvalue weighted by atomic mass is 35.5. The smallest absolute Gasteiger partial charge is 0.0670 e. The van der Waals surface area contributed by atoms with Gasteiger partial charge in [0.15, 0.2) is 0 Å². The highest BCUT2D eigenvalue weighted by Crippen LogP contribution is 2.19. The molecule has 0 unspecified atom stereocenters. The molecule has 2 heteroatoms. The molecule has 0 aromatic heterocycles. The number of benzene rings is 1. The lowest BCUT2D eigenvalue weighted by Crippen LogP contribution is -1.87. The summed E-state index contributed by atoms with van der Waals surface area (Å²) in [7, 11) is 0. The fourth-order valence-electron chi connectivity index (χ4n) is 0.969. The van der Waals surface area contributed by atoms with E-state index in [9.17, 15) is 0 Å². The van der Waals surface area contributed by atoms with Crippen LogP contribution in [0, 0.1) is 18.3 Å². The summed E-state index contributed by atoms with van der Waals surface area (Å²) < 4.78 is 0. The first-order valence-electron chi connectivity index (χ1n) is 3.36. The Bertz CT molecular complexity index is 279. The summed E-state index contributed by atoms with van der Waals surface area (Å²) in [6.45, 7) is 1.96. The van der Waals surface area contributed by atoms with E-state index in [0.29, 0.717) is 11.4 Å². The van der Waals surface area contributed by atoms with Crippen molar-refractivity contribution in [3.8, 4) is 6.07 Å². The summed E-state index contributed by atoms with van der Waals surface area (Å²) in [5, 5.41) is 9.15. The molecule has 0 aliphatic carbocycles. The maximum Gasteiger partial charge on any atom is 0.0670 e. The third kappa shape index (κ3) is 1.72. The van der Waals surface area contributed by atoms with Crippen LogP contribution in [0.3, 0.4) is 0 Å². The molecule has 0 fully saturated rings. The van der Waals surface area contributed by atoms with Gasteiger partial charge in [-0.15, -0.1) is 0 Å². The standard InChI is InChI=1S/C9H8ClN/c1-7-3-2-4-9(10)8(7)5-6-11/h2-4H,5H2,1H3. The third-order valence-electron chi connectivity index (χ3n) is 1.61. The summed E-state index contributed by atoms with van der Waals surface area (Å²) in [6.07, 6.45) is 0.394. The van der Waals surface area contributed by atoms with Crippen molar-refractivity contribution in [1.82, 2.24) is 0 Å². The van der Waals surface area contributed by atoms with Crippen LogP contribution in [0.2, 0.25) is 5.02 Å². The van der Waals surface area contributed by atoms with E-state index in [4.69, 9.17) is 16.9 Å². The fourth-order valence-corrected chi connectivity index (χ4v) is 1.26. The van der Waals surface area contributed by atoms with E-state index < -0.39 is 0 Å². The number of rotatable bonds is 1. The lowest BCUT2D eigenvalue weighted by molar-refractivity contribution is 1.21. The summed E-state index contributed by atoms with van der Waals surface area (Å²) in [6, 6.07) is 7.73. The SMILES string of the molecule is Cc1cccc(Cl)c1CC#N. The minimum atomic E-state index is 0.394. The van der Waals surface area contributed by atoms with Crippen molar-refractivity contribution in [1.29, 1.82) is 5.26 Å². The van der Waals surface area contributed by atoms with Gasteiger partial charge in [0.1, 0.15) is 0 Å². The third-order valence-corrected chi connectivity index (χ3v) is 1.96. The Labute approximate surface area is 71.2 Å². The maximum atomic E-state index is 8.46. The van der Waals surface area contributed by atoms with Gasteiger partial charge < -0.3 is 0 Å². The number of hydrogen-bond acceptors (Lipinski definition) is 1. The van der Waals surface area contributed by atoms with Crippen molar-refractivity contribution in [2.24, 2.45) is 0 Å².